The molecule has 0 aliphatic heterocycles. The predicted octanol–water partition coefficient (Wildman–Crippen LogP) is 4.66. The van der Waals surface area contributed by atoms with E-state index >= 15 is 0 Å². The van der Waals surface area contributed by atoms with Crippen LogP contribution in [0.15, 0.2) is 57.9 Å². The van der Waals surface area contributed by atoms with Gasteiger partial charge in [-0.05, 0) is 42.0 Å². The normalized spacial score (nSPS) is 10.9. The van der Waals surface area contributed by atoms with Crippen molar-refractivity contribution < 1.29 is 19.1 Å². The van der Waals surface area contributed by atoms with E-state index in [9.17, 15) is 14.0 Å². The van der Waals surface area contributed by atoms with Gasteiger partial charge >= 0.3 is 5.97 Å². The highest BCUT2D eigenvalue weighted by Crippen LogP contribution is 2.23. The lowest BCUT2D eigenvalue weighted by molar-refractivity contribution is -0.133. The van der Waals surface area contributed by atoms with Gasteiger partial charge in [0.05, 0.1) is 5.75 Å². The number of aliphatic carboxylic acids is 1. The molecule has 0 saturated carbocycles. The van der Waals surface area contributed by atoms with E-state index in [1.54, 1.807) is 6.08 Å². The third-order valence-electron chi connectivity index (χ3n) is 2.86. The average molecular weight is 395 g/mol. The molecule has 2 aromatic rings. The van der Waals surface area contributed by atoms with E-state index in [0.29, 0.717) is 0 Å². The van der Waals surface area contributed by atoms with Crippen LogP contribution in [0.3, 0.4) is 0 Å². The SMILES string of the molecule is O=C(O)CSc1ccc(C(=O)/C=C/c2ccc(Br)cc2)cc1F. The number of carboxylic acids is 1. The van der Waals surface area contributed by atoms with E-state index in [1.807, 2.05) is 24.3 Å². The van der Waals surface area contributed by atoms with Crippen molar-refractivity contribution in [1.29, 1.82) is 0 Å². The van der Waals surface area contributed by atoms with Gasteiger partial charge in [0.25, 0.3) is 0 Å². The maximum atomic E-state index is 13.9. The van der Waals surface area contributed by atoms with Gasteiger partial charge in [0, 0.05) is 14.9 Å². The Balaban J connectivity index is 2.08. The third-order valence-corrected chi connectivity index (χ3v) is 4.43. The maximum Gasteiger partial charge on any atom is 0.313 e. The number of benzene rings is 2. The van der Waals surface area contributed by atoms with Gasteiger partial charge in [-0.25, -0.2) is 4.39 Å². The number of allylic oxidation sites excluding steroid dienone is 1. The van der Waals surface area contributed by atoms with E-state index in [-0.39, 0.29) is 22.0 Å². The molecule has 3 nitrogen and oxygen atoms in total. The summed E-state index contributed by atoms with van der Waals surface area (Å²) in [6.45, 7) is 0. The van der Waals surface area contributed by atoms with Crippen LogP contribution in [0.5, 0.6) is 0 Å². The van der Waals surface area contributed by atoms with Gasteiger partial charge in [-0.15, -0.1) is 11.8 Å². The number of carbonyl (C=O) groups excluding carboxylic acids is 1. The highest BCUT2D eigenvalue weighted by atomic mass is 79.9. The van der Waals surface area contributed by atoms with Gasteiger partial charge in [-0.1, -0.05) is 34.1 Å². The van der Waals surface area contributed by atoms with E-state index in [2.05, 4.69) is 15.9 Å². The molecule has 1 N–H and O–H groups in total. The summed E-state index contributed by atoms with van der Waals surface area (Å²) in [5, 5.41) is 8.59. The first-order valence-corrected chi connectivity index (χ1v) is 8.35. The smallest absolute Gasteiger partial charge is 0.313 e. The van der Waals surface area contributed by atoms with Crippen molar-refractivity contribution in [3.8, 4) is 0 Å². The molecule has 0 fully saturated rings. The largest absolute Gasteiger partial charge is 0.481 e. The summed E-state index contributed by atoms with van der Waals surface area (Å²) in [5.41, 5.74) is 1.08. The lowest BCUT2D eigenvalue weighted by Crippen LogP contribution is -2.00. The standard InChI is InChI=1S/C17H12BrFO3S/c18-13-5-1-11(2-6-13)3-7-15(20)12-4-8-16(14(19)9-12)23-10-17(21)22/h1-9H,10H2,(H,21,22)/b7-3+. The minimum absolute atomic E-state index is 0.209. The zero-order chi connectivity index (χ0) is 16.8. The first kappa shape index (κ1) is 17.4. The number of carbonyl (C=O) groups is 2. The van der Waals surface area contributed by atoms with Crippen molar-refractivity contribution in [3.63, 3.8) is 0 Å². The molecule has 2 aromatic carbocycles. The van der Waals surface area contributed by atoms with Crippen molar-refractivity contribution in [3.05, 3.63) is 70.0 Å². The quantitative estimate of drug-likeness (QED) is 0.439. The fraction of sp³-hybridized carbons (Fsp3) is 0.0588. The van der Waals surface area contributed by atoms with E-state index in [1.165, 1.54) is 18.2 Å². The Morgan fingerprint density at radius 3 is 2.48 bits per heavy atom. The van der Waals surface area contributed by atoms with Gasteiger partial charge in [-0.2, -0.15) is 0 Å². The fourth-order valence-corrected chi connectivity index (χ4v) is 2.66. The van der Waals surface area contributed by atoms with Crippen LogP contribution in [-0.4, -0.2) is 22.6 Å². The highest BCUT2D eigenvalue weighted by Gasteiger charge is 2.09. The van der Waals surface area contributed by atoms with Crippen molar-refractivity contribution >= 4 is 45.5 Å². The molecule has 0 aliphatic carbocycles. The molecule has 118 valence electrons. The number of carboxylic acid groups (broad SMARTS) is 1. The number of hydrogen-bond donors (Lipinski definition) is 1. The first-order chi connectivity index (χ1) is 11.0. The molecule has 0 amide bonds. The van der Waals surface area contributed by atoms with Gasteiger partial charge in [0.1, 0.15) is 5.82 Å². The summed E-state index contributed by atoms with van der Waals surface area (Å²) in [5.74, 6) is -2.17. The monoisotopic (exact) mass is 394 g/mol. The molecule has 6 heteroatoms. The molecular weight excluding hydrogens is 383 g/mol. The molecule has 0 atom stereocenters. The van der Waals surface area contributed by atoms with Gasteiger partial charge < -0.3 is 5.11 Å². The Labute approximate surface area is 145 Å². The minimum atomic E-state index is -1.02. The van der Waals surface area contributed by atoms with Crippen LogP contribution >= 0.6 is 27.7 Å². The van der Waals surface area contributed by atoms with E-state index in [4.69, 9.17) is 5.11 Å². The molecule has 0 aromatic heterocycles. The third kappa shape index (κ3) is 5.33. The predicted molar refractivity (Wildman–Crippen MR) is 92.3 cm³/mol. The van der Waals surface area contributed by atoms with Crippen LogP contribution in [0.1, 0.15) is 15.9 Å². The van der Waals surface area contributed by atoms with Gasteiger partial charge in [-0.3, -0.25) is 9.59 Å². The summed E-state index contributed by atoms with van der Waals surface area (Å²) >= 11 is 4.21. The number of halogens is 2. The second kappa shape index (κ2) is 8.08. The second-order valence-electron chi connectivity index (χ2n) is 4.58. The summed E-state index contributed by atoms with van der Waals surface area (Å²) < 4.78 is 14.8. The van der Waals surface area contributed by atoms with Crippen molar-refractivity contribution in [2.45, 2.75) is 4.90 Å². The number of thioether (sulfide) groups is 1. The molecule has 0 aliphatic rings. The maximum absolute atomic E-state index is 13.9. The Hall–Kier alpha value is -1.92. The van der Waals surface area contributed by atoms with Crippen LogP contribution in [0.4, 0.5) is 4.39 Å². The lowest BCUT2D eigenvalue weighted by Gasteiger charge is -2.03. The summed E-state index contributed by atoms with van der Waals surface area (Å²) in [4.78, 5) is 22.8. The second-order valence-corrected chi connectivity index (χ2v) is 6.51. The minimum Gasteiger partial charge on any atom is -0.481 e. The number of hydrogen-bond acceptors (Lipinski definition) is 3. The number of rotatable bonds is 6. The van der Waals surface area contributed by atoms with Crippen LogP contribution in [-0.2, 0) is 4.79 Å². The lowest BCUT2D eigenvalue weighted by atomic mass is 10.1. The Morgan fingerprint density at radius 1 is 1.17 bits per heavy atom. The first-order valence-electron chi connectivity index (χ1n) is 6.58. The molecule has 2 rings (SSSR count). The molecule has 0 radical (unpaired) electrons. The molecule has 23 heavy (non-hydrogen) atoms. The topological polar surface area (TPSA) is 54.4 Å². The Kier molecular flexibility index (Phi) is 6.12. The zero-order valence-corrected chi connectivity index (χ0v) is 14.2. The molecule has 0 unspecified atom stereocenters. The molecule has 0 heterocycles. The zero-order valence-electron chi connectivity index (χ0n) is 11.8. The molecule has 0 spiro atoms. The van der Waals surface area contributed by atoms with Gasteiger partial charge in [0.15, 0.2) is 5.78 Å². The highest BCUT2D eigenvalue weighted by molar-refractivity contribution is 9.10. The fourth-order valence-electron chi connectivity index (χ4n) is 1.75. The van der Waals surface area contributed by atoms with Crippen LogP contribution in [0, 0.1) is 5.82 Å². The molecular formula is C17H12BrFO3S. The number of ketones is 1. The van der Waals surface area contributed by atoms with Crippen LogP contribution in [0.25, 0.3) is 6.08 Å². The van der Waals surface area contributed by atoms with Crippen LogP contribution in [0.2, 0.25) is 0 Å². The van der Waals surface area contributed by atoms with Crippen molar-refractivity contribution in [2.24, 2.45) is 0 Å². The van der Waals surface area contributed by atoms with E-state index < -0.39 is 11.8 Å². The summed E-state index contributed by atoms with van der Waals surface area (Å²) in [6, 6.07) is 11.4. The van der Waals surface area contributed by atoms with E-state index in [0.717, 1.165) is 27.9 Å². The average Bonchev–Trinajstić information content (AvgIpc) is 2.52. The van der Waals surface area contributed by atoms with Gasteiger partial charge in [0.2, 0.25) is 0 Å². The summed E-state index contributed by atoms with van der Waals surface area (Å²) in [7, 11) is 0. The summed E-state index contributed by atoms with van der Waals surface area (Å²) in [6.07, 6.45) is 3.03. The Bertz CT molecular complexity index is 757. The molecule has 0 saturated heterocycles. The van der Waals surface area contributed by atoms with Crippen molar-refractivity contribution in [1.82, 2.24) is 0 Å². The van der Waals surface area contributed by atoms with Crippen LogP contribution < -0.4 is 0 Å². The molecule has 0 bridgehead atoms. The Morgan fingerprint density at radius 2 is 1.87 bits per heavy atom. The van der Waals surface area contributed by atoms with Crippen molar-refractivity contribution in [2.75, 3.05) is 5.75 Å².